The molecule has 1 N–H and O–H groups in total. The minimum Gasteiger partial charge on any atom is -0.378 e. The zero-order valence-electron chi connectivity index (χ0n) is 14.1. The van der Waals surface area contributed by atoms with E-state index in [1.165, 1.54) is 5.56 Å². The molecule has 0 saturated carbocycles. The summed E-state index contributed by atoms with van der Waals surface area (Å²) in [4.78, 5) is 2.50. The maximum atomic E-state index is 4.48. The Hall–Kier alpha value is -2.47. The van der Waals surface area contributed by atoms with E-state index >= 15 is 0 Å². The van der Waals surface area contributed by atoms with Crippen LogP contribution in [-0.2, 0) is 6.54 Å². The number of hydrogen-bond acceptors (Lipinski definition) is 5. The van der Waals surface area contributed by atoms with Gasteiger partial charge in [-0.15, -0.1) is 10.2 Å². The van der Waals surface area contributed by atoms with Gasteiger partial charge in [0, 0.05) is 25.7 Å². The van der Waals surface area contributed by atoms with Crippen molar-refractivity contribution in [1.82, 2.24) is 24.7 Å². The third-order valence-corrected chi connectivity index (χ3v) is 4.80. The second kappa shape index (κ2) is 6.20. The quantitative estimate of drug-likeness (QED) is 0.799. The molecule has 124 valence electrons. The average Bonchev–Trinajstić information content (AvgIpc) is 3.22. The highest BCUT2D eigenvalue weighted by molar-refractivity contribution is 5.71. The summed E-state index contributed by atoms with van der Waals surface area (Å²) in [6.07, 6.45) is 2.79. The highest BCUT2D eigenvalue weighted by atomic mass is 15.4. The Morgan fingerprint density at radius 3 is 2.88 bits per heavy atom. The summed E-state index contributed by atoms with van der Waals surface area (Å²) in [5.41, 5.74) is 5.39. The second-order valence-electron chi connectivity index (χ2n) is 6.54. The minimum atomic E-state index is 0.426. The molecule has 1 aliphatic rings. The SMILES string of the molecule is Cc1nn2cnnc2c(N[C@H]2CCN(Cc3ccccc3)C2)c1C. The van der Waals surface area contributed by atoms with Crippen LogP contribution in [0.1, 0.15) is 23.2 Å². The van der Waals surface area contributed by atoms with Gasteiger partial charge < -0.3 is 5.32 Å². The van der Waals surface area contributed by atoms with Gasteiger partial charge in [0.05, 0.1) is 11.4 Å². The molecule has 2 aromatic heterocycles. The third kappa shape index (κ3) is 2.85. The first kappa shape index (κ1) is 15.1. The van der Waals surface area contributed by atoms with Crippen LogP contribution in [0.5, 0.6) is 0 Å². The fraction of sp³-hybridized carbons (Fsp3) is 0.389. The smallest absolute Gasteiger partial charge is 0.200 e. The standard InChI is InChI=1S/C18H22N6/c1-13-14(2)22-24-12-19-21-18(24)17(13)20-16-8-9-23(11-16)10-15-6-4-3-5-7-15/h3-7,12,16,20H,8-11H2,1-2H3/t16-/m0/s1. The van der Waals surface area contributed by atoms with Gasteiger partial charge in [-0.05, 0) is 31.4 Å². The lowest BCUT2D eigenvalue weighted by atomic mass is 10.1. The number of aryl methyl sites for hydroxylation is 1. The van der Waals surface area contributed by atoms with Crippen LogP contribution in [-0.4, -0.2) is 43.8 Å². The largest absolute Gasteiger partial charge is 0.378 e. The van der Waals surface area contributed by atoms with E-state index in [9.17, 15) is 0 Å². The average molecular weight is 322 g/mol. The molecule has 1 atom stereocenters. The van der Waals surface area contributed by atoms with Crippen molar-refractivity contribution in [3.8, 4) is 0 Å². The Morgan fingerprint density at radius 2 is 2.04 bits per heavy atom. The van der Waals surface area contributed by atoms with Gasteiger partial charge in [-0.2, -0.15) is 9.61 Å². The summed E-state index contributed by atoms with van der Waals surface area (Å²) in [7, 11) is 0. The Balaban J connectivity index is 1.49. The molecular weight excluding hydrogens is 300 g/mol. The molecule has 0 aliphatic carbocycles. The molecule has 1 aromatic carbocycles. The first-order valence-corrected chi connectivity index (χ1v) is 8.41. The number of fused-ring (bicyclic) bond motifs is 1. The molecule has 24 heavy (non-hydrogen) atoms. The van der Waals surface area contributed by atoms with E-state index in [0.29, 0.717) is 6.04 Å². The van der Waals surface area contributed by atoms with E-state index in [-0.39, 0.29) is 0 Å². The predicted molar refractivity (Wildman–Crippen MR) is 94.0 cm³/mol. The first-order chi connectivity index (χ1) is 11.7. The Labute approximate surface area is 141 Å². The van der Waals surface area contributed by atoms with Crippen molar-refractivity contribution in [2.75, 3.05) is 18.4 Å². The summed E-state index contributed by atoms with van der Waals surface area (Å²) in [5.74, 6) is 0. The number of anilines is 1. The van der Waals surface area contributed by atoms with Gasteiger partial charge in [0.1, 0.15) is 6.33 Å². The van der Waals surface area contributed by atoms with Gasteiger partial charge in [0.2, 0.25) is 5.65 Å². The normalized spacial score (nSPS) is 18.3. The zero-order chi connectivity index (χ0) is 16.5. The van der Waals surface area contributed by atoms with Gasteiger partial charge in [-0.25, -0.2) is 0 Å². The van der Waals surface area contributed by atoms with Crippen molar-refractivity contribution in [2.45, 2.75) is 32.9 Å². The van der Waals surface area contributed by atoms with Crippen molar-refractivity contribution >= 4 is 11.3 Å². The van der Waals surface area contributed by atoms with Gasteiger partial charge in [0.25, 0.3) is 0 Å². The predicted octanol–water partition coefficient (Wildman–Crippen LogP) is 2.43. The topological polar surface area (TPSA) is 58.4 Å². The third-order valence-electron chi connectivity index (χ3n) is 4.80. The van der Waals surface area contributed by atoms with Crippen molar-refractivity contribution in [2.24, 2.45) is 0 Å². The number of nitrogens with zero attached hydrogens (tertiary/aromatic N) is 5. The monoisotopic (exact) mass is 322 g/mol. The van der Waals surface area contributed by atoms with Gasteiger partial charge in [-0.1, -0.05) is 30.3 Å². The molecule has 0 amide bonds. The molecule has 0 bridgehead atoms. The van der Waals surface area contributed by atoms with Crippen molar-refractivity contribution in [3.63, 3.8) is 0 Å². The molecule has 0 spiro atoms. The molecule has 4 rings (SSSR count). The highest BCUT2D eigenvalue weighted by Crippen LogP contribution is 2.25. The molecule has 0 radical (unpaired) electrons. The zero-order valence-corrected chi connectivity index (χ0v) is 14.1. The summed E-state index contributed by atoms with van der Waals surface area (Å²) in [6, 6.07) is 11.1. The lowest BCUT2D eigenvalue weighted by molar-refractivity contribution is 0.328. The molecule has 3 heterocycles. The molecule has 3 aromatic rings. The maximum Gasteiger partial charge on any atom is 0.200 e. The van der Waals surface area contributed by atoms with E-state index in [4.69, 9.17) is 0 Å². The van der Waals surface area contributed by atoms with Gasteiger partial charge >= 0.3 is 0 Å². The van der Waals surface area contributed by atoms with Crippen molar-refractivity contribution in [1.29, 1.82) is 0 Å². The fourth-order valence-corrected chi connectivity index (χ4v) is 3.37. The summed E-state index contributed by atoms with van der Waals surface area (Å²) >= 11 is 0. The minimum absolute atomic E-state index is 0.426. The number of benzene rings is 1. The number of rotatable bonds is 4. The number of aromatic nitrogens is 4. The number of likely N-dealkylation sites (tertiary alicyclic amines) is 1. The van der Waals surface area contributed by atoms with E-state index in [1.54, 1.807) is 10.8 Å². The van der Waals surface area contributed by atoms with Crippen LogP contribution in [0.2, 0.25) is 0 Å². The molecular formula is C18H22N6. The van der Waals surface area contributed by atoms with Crippen molar-refractivity contribution in [3.05, 3.63) is 53.5 Å². The summed E-state index contributed by atoms with van der Waals surface area (Å²) in [5, 5.41) is 16.4. The Bertz CT molecular complexity index is 841. The maximum absolute atomic E-state index is 4.48. The fourth-order valence-electron chi connectivity index (χ4n) is 3.37. The number of nitrogens with one attached hydrogen (secondary N) is 1. The molecule has 1 saturated heterocycles. The molecule has 1 aliphatic heterocycles. The van der Waals surface area contributed by atoms with Crippen LogP contribution in [0.3, 0.4) is 0 Å². The van der Waals surface area contributed by atoms with Crippen LogP contribution in [0.4, 0.5) is 5.69 Å². The highest BCUT2D eigenvalue weighted by Gasteiger charge is 2.24. The van der Waals surface area contributed by atoms with E-state index in [0.717, 1.165) is 48.6 Å². The van der Waals surface area contributed by atoms with Gasteiger partial charge in [0.15, 0.2) is 0 Å². The van der Waals surface area contributed by atoms with E-state index in [1.807, 2.05) is 6.92 Å². The van der Waals surface area contributed by atoms with E-state index in [2.05, 4.69) is 62.8 Å². The summed E-state index contributed by atoms with van der Waals surface area (Å²) < 4.78 is 1.75. The van der Waals surface area contributed by atoms with Gasteiger partial charge in [-0.3, -0.25) is 4.90 Å². The van der Waals surface area contributed by atoms with Crippen LogP contribution < -0.4 is 5.32 Å². The van der Waals surface area contributed by atoms with E-state index < -0.39 is 0 Å². The molecule has 0 unspecified atom stereocenters. The summed E-state index contributed by atoms with van der Waals surface area (Å²) in [6.45, 7) is 7.27. The molecule has 6 heteroatoms. The lowest BCUT2D eigenvalue weighted by Gasteiger charge is -2.19. The van der Waals surface area contributed by atoms with Crippen LogP contribution in [0.25, 0.3) is 5.65 Å². The molecule has 1 fully saturated rings. The number of hydrogen-bond donors (Lipinski definition) is 1. The lowest BCUT2D eigenvalue weighted by Crippen LogP contribution is -2.26. The van der Waals surface area contributed by atoms with Crippen LogP contribution >= 0.6 is 0 Å². The first-order valence-electron chi connectivity index (χ1n) is 8.41. The Kier molecular flexibility index (Phi) is 3.90. The van der Waals surface area contributed by atoms with Crippen molar-refractivity contribution < 1.29 is 0 Å². The van der Waals surface area contributed by atoms with Crippen LogP contribution in [0.15, 0.2) is 36.7 Å². The van der Waals surface area contributed by atoms with Crippen LogP contribution in [0, 0.1) is 13.8 Å². The second-order valence-corrected chi connectivity index (χ2v) is 6.54. The Morgan fingerprint density at radius 1 is 1.21 bits per heavy atom. The molecule has 6 nitrogen and oxygen atoms in total.